The monoisotopic (exact) mass is 572 g/mol. The Balaban J connectivity index is 1.68. The Hall–Kier alpha value is -3.61. The van der Waals surface area contributed by atoms with Crippen LogP contribution in [0.15, 0.2) is 70.3 Å². The molecule has 39 heavy (non-hydrogen) atoms. The van der Waals surface area contributed by atoms with Gasteiger partial charge in [0.2, 0.25) is 0 Å². The van der Waals surface area contributed by atoms with Crippen molar-refractivity contribution in [2.24, 2.45) is 5.92 Å². The Morgan fingerprint density at radius 1 is 1.18 bits per heavy atom. The van der Waals surface area contributed by atoms with Crippen molar-refractivity contribution in [3.8, 4) is 5.75 Å². The summed E-state index contributed by atoms with van der Waals surface area (Å²) in [4.78, 5) is 29.6. The van der Waals surface area contributed by atoms with Crippen LogP contribution in [0, 0.1) is 5.92 Å². The van der Waals surface area contributed by atoms with Crippen LogP contribution < -0.4 is 14.8 Å². The molecule has 0 radical (unpaired) electrons. The van der Waals surface area contributed by atoms with E-state index in [9.17, 15) is 23.1 Å². The van der Waals surface area contributed by atoms with E-state index in [2.05, 4.69) is 10.0 Å². The van der Waals surface area contributed by atoms with Gasteiger partial charge in [-0.15, -0.1) is 11.3 Å². The van der Waals surface area contributed by atoms with E-state index in [1.807, 2.05) is 25.1 Å². The molecule has 0 unspecified atom stereocenters. The molecular weight excluding hydrogens is 540 g/mol. The smallest absolute Gasteiger partial charge is 0.321 e. The number of fused-ring (bicyclic) bond motifs is 1. The number of carbonyl (C=O) groups is 2. The van der Waals surface area contributed by atoms with Gasteiger partial charge in [0.25, 0.3) is 15.9 Å². The molecule has 4 rings (SSSR count). The second kappa shape index (κ2) is 12.1. The zero-order valence-corrected chi connectivity index (χ0v) is 23.5. The summed E-state index contributed by atoms with van der Waals surface area (Å²) < 4.78 is 35.2. The first-order valence-electron chi connectivity index (χ1n) is 12.5. The molecule has 3 aromatic rings. The van der Waals surface area contributed by atoms with E-state index in [0.717, 1.165) is 11.3 Å². The highest BCUT2D eigenvalue weighted by Gasteiger charge is 2.35. The number of rotatable bonds is 8. The fourth-order valence-electron chi connectivity index (χ4n) is 4.25. The average molecular weight is 573 g/mol. The lowest BCUT2D eigenvalue weighted by atomic mass is 9.99. The topological polar surface area (TPSA) is 128 Å². The number of hydrogen-bond acceptors (Lipinski definition) is 7. The number of amides is 3. The summed E-state index contributed by atoms with van der Waals surface area (Å²) in [5.41, 5.74) is 0.918. The molecule has 10 nitrogen and oxygen atoms in total. The predicted octanol–water partition coefficient (Wildman–Crippen LogP) is 3.93. The van der Waals surface area contributed by atoms with Crippen molar-refractivity contribution in [2.45, 2.75) is 30.2 Å². The Labute approximate surface area is 232 Å². The number of ether oxygens (including phenoxy) is 1. The number of nitrogens with zero attached hydrogens (tertiary/aromatic N) is 2. The molecule has 1 aliphatic rings. The fraction of sp³-hybridized carbons (Fsp3) is 0.333. The van der Waals surface area contributed by atoms with Crippen LogP contribution in [0.2, 0.25) is 0 Å². The maximum Gasteiger partial charge on any atom is 0.321 e. The normalized spacial score (nSPS) is 18.3. The van der Waals surface area contributed by atoms with E-state index in [1.54, 1.807) is 54.6 Å². The molecule has 1 aliphatic heterocycles. The number of likely N-dealkylation sites (N-methyl/N-ethyl adjacent to an activating group) is 1. The molecule has 0 spiro atoms. The first kappa shape index (κ1) is 28.4. The van der Waals surface area contributed by atoms with Gasteiger partial charge in [0.05, 0.1) is 30.4 Å². The molecule has 2 heterocycles. The molecule has 3 amide bonds. The Bertz CT molecular complexity index is 1400. The number of thiophene rings is 1. The third-order valence-corrected chi connectivity index (χ3v) is 9.28. The number of benzene rings is 2. The van der Waals surface area contributed by atoms with Crippen LogP contribution in [0.3, 0.4) is 0 Å². The quantitative estimate of drug-likeness (QED) is 0.375. The molecule has 0 bridgehead atoms. The largest absolute Gasteiger partial charge is 0.485 e. The third kappa shape index (κ3) is 6.52. The minimum atomic E-state index is -3.93. The van der Waals surface area contributed by atoms with Crippen molar-refractivity contribution in [3.05, 3.63) is 71.6 Å². The van der Waals surface area contributed by atoms with Crippen LogP contribution in [-0.2, 0) is 10.0 Å². The van der Waals surface area contributed by atoms with Crippen LogP contribution in [0.1, 0.15) is 24.2 Å². The standard InChI is InChI=1S/C27H32N4O6S2/c1-18-15-31(19(2)17-32)26(33)21-11-7-12-22(29-39(35,36)24-13-8-14-38-24)25(21)37-23(18)16-30(3)27(34)28-20-9-5-4-6-10-20/h4-14,18-19,23,29,32H,15-17H2,1-3H3,(H,28,34)/t18-,19-,23-/m0/s1. The number of sulfonamides is 1. The second-order valence-corrected chi connectivity index (χ2v) is 12.4. The molecule has 0 aliphatic carbocycles. The molecule has 3 atom stereocenters. The zero-order valence-electron chi connectivity index (χ0n) is 21.9. The van der Waals surface area contributed by atoms with Gasteiger partial charge in [-0.25, -0.2) is 13.2 Å². The Kier molecular flexibility index (Phi) is 8.78. The van der Waals surface area contributed by atoms with Crippen LogP contribution in [-0.4, -0.2) is 74.2 Å². The summed E-state index contributed by atoms with van der Waals surface area (Å²) in [5, 5.41) is 14.4. The van der Waals surface area contributed by atoms with Crippen LogP contribution in [0.25, 0.3) is 0 Å². The van der Waals surface area contributed by atoms with Gasteiger partial charge >= 0.3 is 6.03 Å². The summed E-state index contributed by atoms with van der Waals surface area (Å²) in [6, 6.07) is 16.0. The van der Waals surface area contributed by atoms with Crippen molar-refractivity contribution < 1.29 is 27.9 Å². The minimum Gasteiger partial charge on any atom is -0.485 e. The van der Waals surface area contributed by atoms with Crippen molar-refractivity contribution in [1.82, 2.24) is 9.80 Å². The third-order valence-electron chi connectivity index (χ3n) is 6.52. The molecule has 2 aromatic carbocycles. The van der Waals surface area contributed by atoms with E-state index in [1.165, 1.54) is 17.0 Å². The lowest BCUT2D eigenvalue weighted by molar-refractivity contribution is 0.0373. The molecular formula is C27H32N4O6S2. The molecule has 208 valence electrons. The summed E-state index contributed by atoms with van der Waals surface area (Å²) in [6.45, 7) is 3.81. The SMILES string of the molecule is C[C@H]1CN([C@@H](C)CO)C(=O)c2cccc(NS(=O)(=O)c3cccs3)c2O[C@H]1CN(C)C(=O)Nc1ccccc1. The molecule has 0 saturated heterocycles. The molecule has 3 N–H and O–H groups in total. The first-order valence-corrected chi connectivity index (χ1v) is 14.8. The molecule has 0 fully saturated rings. The number of aliphatic hydroxyl groups excluding tert-OH is 1. The van der Waals surface area contributed by atoms with Crippen molar-refractivity contribution in [3.63, 3.8) is 0 Å². The summed E-state index contributed by atoms with van der Waals surface area (Å²) in [6.07, 6.45) is -0.607. The van der Waals surface area contributed by atoms with Crippen molar-refractivity contribution in [1.29, 1.82) is 0 Å². The summed E-state index contributed by atoms with van der Waals surface area (Å²) in [5.74, 6) is -0.583. The molecule has 12 heteroatoms. The van der Waals surface area contributed by atoms with Gasteiger partial charge in [-0.05, 0) is 42.6 Å². The minimum absolute atomic E-state index is 0.0752. The average Bonchev–Trinajstić information content (AvgIpc) is 3.47. The van der Waals surface area contributed by atoms with E-state index in [4.69, 9.17) is 4.74 Å². The Morgan fingerprint density at radius 3 is 2.59 bits per heavy atom. The molecule has 1 aromatic heterocycles. The van der Waals surface area contributed by atoms with Crippen LogP contribution >= 0.6 is 11.3 Å². The van der Waals surface area contributed by atoms with Crippen LogP contribution in [0.4, 0.5) is 16.2 Å². The summed E-state index contributed by atoms with van der Waals surface area (Å²) >= 11 is 1.07. The number of anilines is 2. The second-order valence-electron chi connectivity index (χ2n) is 9.52. The number of aliphatic hydroxyl groups is 1. The highest BCUT2D eigenvalue weighted by atomic mass is 32.2. The van der Waals surface area contributed by atoms with E-state index < -0.39 is 22.2 Å². The maximum atomic E-state index is 13.6. The predicted molar refractivity (Wildman–Crippen MR) is 151 cm³/mol. The number of urea groups is 1. The number of para-hydroxylation sites is 2. The highest BCUT2D eigenvalue weighted by Crippen LogP contribution is 2.36. The van der Waals surface area contributed by atoms with Gasteiger partial charge in [-0.2, -0.15) is 0 Å². The van der Waals surface area contributed by atoms with Crippen LogP contribution in [0.5, 0.6) is 5.75 Å². The van der Waals surface area contributed by atoms with Gasteiger partial charge in [-0.1, -0.05) is 37.3 Å². The maximum absolute atomic E-state index is 13.6. The highest BCUT2D eigenvalue weighted by molar-refractivity contribution is 7.94. The van der Waals surface area contributed by atoms with Gasteiger partial charge in [-0.3, -0.25) is 9.52 Å². The van der Waals surface area contributed by atoms with Gasteiger partial charge in [0.15, 0.2) is 5.75 Å². The van der Waals surface area contributed by atoms with E-state index >= 15 is 0 Å². The van der Waals surface area contributed by atoms with E-state index in [0.29, 0.717) is 5.69 Å². The lowest BCUT2D eigenvalue weighted by Gasteiger charge is -2.38. The number of carbonyl (C=O) groups excluding carboxylic acids is 2. The van der Waals surface area contributed by atoms with Gasteiger partial charge < -0.3 is 25.0 Å². The number of nitrogens with one attached hydrogen (secondary N) is 2. The van der Waals surface area contributed by atoms with Crippen molar-refractivity contribution in [2.75, 3.05) is 36.8 Å². The van der Waals surface area contributed by atoms with Gasteiger partial charge in [0.1, 0.15) is 10.3 Å². The zero-order chi connectivity index (χ0) is 28.2. The Morgan fingerprint density at radius 2 is 1.92 bits per heavy atom. The fourth-order valence-corrected chi connectivity index (χ4v) is 6.30. The van der Waals surface area contributed by atoms with Gasteiger partial charge in [0, 0.05) is 25.2 Å². The first-order chi connectivity index (χ1) is 18.6. The van der Waals surface area contributed by atoms with Crippen molar-refractivity contribution >= 4 is 44.7 Å². The summed E-state index contributed by atoms with van der Waals surface area (Å²) in [7, 11) is -2.29. The molecule has 0 saturated carbocycles. The lowest BCUT2D eigenvalue weighted by Crippen LogP contribution is -2.50. The number of hydrogen-bond donors (Lipinski definition) is 3. The van der Waals surface area contributed by atoms with E-state index in [-0.39, 0.29) is 58.8 Å².